The Labute approximate surface area is 194 Å². The van der Waals surface area contributed by atoms with E-state index in [4.69, 9.17) is 4.74 Å². The number of hydrogen-bond donors (Lipinski definition) is 2. The van der Waals surface area contributed by atoms with E-state index < -0.39 is 25.5 Å². The topological polar surface area (TPSA) is 48.9 Å². The number of aryl methyl sites for hydroxylation is 1. The molecule has 12 heteroatoms. The lowest BCUT2D eigenvalue weighted by Gasteiger charge is -2.19. The van der Waals surface area contributed by atoms with Crippen LogP contribution in [0.5, 0.6) is 5.75 Å². The number of halogens is 7. The molecule has 31 heavy (non-hydrogen) atoms. The summed E-state index contributed by atoms with van der Waals surface area (Å²) in [5.41, 5.74) is 1.30. The highest BCUT2D eigenvalue weighted by Crippen LogP contribution is 2.24. The van der Waals surface area contributed by atoms with E-state index in [2.05, 4.69) is 15.6 Å². The molecule has 1 aromatic carbocycles. The van der Waals surface area contributed by atoms with E-state index >= 15 is 0 Å². The third-order valence-corrected chi connectivity index (χ3v) is 4.61. The molecule has 5 nitrogen and oxygen atoms in total. The van der Waals surface area contributed by atoms with Gasteiger partial charge < -0.3 is 15.4 Å². The first kappa shape index (κ1) is 27.6. The molecule has 1 aromatic rings. The van der Waals surface area contributed by atoms with E-state index in [1.54, 1.807) is 19.1 Å². The van der Waals surface area contributed by atoms with Gasteiger partial charge in [-0.15, -0.1) is 24.0 Å². The maximum atomic E-state index is 12.5. The molecule has 0 aliphatic carbocycles. The van der Waals surface area contributed by atoms with Crippen LogP contribution < -0.4 is 15.4 Å². The van der Waals surface area contributed by atoms with E-state index in [1.807, 2.05) is 0 Å². The fraction of sp³-hybridized carbons (Fsp3) is 0.632. The average Bonchev–Trinajstić information content (AvgIpc) is 3.06. The zero-order chi connectivity index (χ0) is 22.4. The molecule has 2 rings (SSSR count). The summed E-state index contributed by atoms with van der Waals surface area (Å²) in [6.07, 6.45) is -8.00. The second-order valence-electron chi connectivity index (χ2n) is 7.33. The molecule has 1 fully saturated rings. The molecule has 1 saturated heterocycles. The zero-order valence-corrected chi connectivity index (χ0v) is 19.6. The standard InChI is InChI=1S/C19H26F6N4O.HI/c1-13-3-4-15(16(7-13)30-12-19(23,24)25)9-28-17(26-2)27-8-14-5-6-29(10-14)11-18(20,21)22;/h3-4,7,14H,5-6,8-12H2,1-2H3,(H2,26,27,28);1H. The highest BCUT2D eigenvalue weighted by atomic mass is 127. The maximum Gasteiger partial charge on any atom is 0.422 e. The second-order valence-corrected chi connectivity index (χ2v) is 7.33. The summed E-state index contributed by atoms with van der Waals surface area (Å²) in [4.78, 5) is 5.43. The zero-order valence-electron chi connectivity index (χ0n) is 17.2. The van der Waals surface area contributed by atoms with Gasteiger partial charge in [0.05, 0.1) is 6.54 Å². The van der Waals surface area contributed by atoms with Crippen molar-refractivity contribution in [3.8, 4) is 5.75 Å². The number of likely N-dealkylation sites (tertiary alicyclic amines) is 1. The van der Waals surface area contributed by atoms with Crippen molar-refractivity contribution < 1.29 is 31.1 Å². The van der Waals surface area contributed by atoms with Crippen LogP contribution in [0.2, 0.25) is 0 Å². The Kier molecular flexibility index (Phi) is 10.7. The summed E-state index contributed by atoms with van der Waals surface area (Å²) in [7, 11) is 1.54. The molecule has 0 radical (unpaired) electrons. The van der Waals surface area contributed by atoms with Gasteiger partial charge in [0.2, 0.25) is 0 Å². The molecule has 0 spiro atoms. The Balaban J connectivity index is 0.00000480. The summed E-state index contributed by atoms with van der Waals surface area (Å²) in [5, 5.41) is 6.06. The number of rotatable bonds is 7. The Bertz CT molecular complexity index is 726. The summed E-state index contributed by atoms with van der Waals surface area (Å²) in [6.45, 7) is 0.814. The van der Waals surface area contributed by atoms with Crippen molar-refractivity contribution in [2.24, 2.45) is 10.9 Å². The van der Waals surface area contributed by atoms with Crippen LogP contribution in [0.25, 0.3) is 0 Å². The lowest BCUT2D eigenvalue weighted by Crippen LogP contribution is -2.40. The summed E-state index contributed by atoms with van der Waals surface area (Å²) >= 11 is 0. The van der Waals surface area contributed by atoms with Gasteiger partial charge in [-0.3, -0.25) is 9.89 Å². The van der Waals surface area contributed by atoms with Crippen LogP contribution in [-0.4, -0.2) is 63.0 Å². The van der Waals surface area contributed by atoms with E-state index in [-0.39, 0.29) is 42.2 Å². The fourth-order valence-corrected chi connectivity index (χ4v) is 3.22. The molecule has 0 amide bonds. The number of hydrogen-bond acceptors (Lipinski definition) is 3. The maximum absolute atomic E-state index is 12.5. The van der Waals surface area contributed by atoms with Gasteiger partial charge in [-0.2, -0.15) is 26.3 Å². The lowest BCUT2D eigenvalue weighted by molar-refractivity contribution is -0.153. The third kappa shape index (κ3) is 10.6. The van der Waals surface area contributed by atoms with Crippen molar-refractivity contribution in [3.05, 3.63) is 29.3 Å². The average molecular weight is 568 g/mol. The molecule has 0 aromatic heterocycles. The second kappa shape index (κ2) is 12.0. The highest BCUT2D eigenvalue weighted by Gasteiger charge is 2.34. The van der Waals surface area contributed by atoms with Crippen molar-refractivity contribution >= 4 is 29.9 Å². The Morgan fingerprint density at radius 1 is 1.16 bits per heavy atom. The molecular formula is C19H27F6IN4O. The number of guanidine groups is 1. The minimum absolute atomic E-state index is 0. The van der Waals surface area contributed by atoms with Gasteiger partial charge in [-0.05, 0) is 37.4 Å². The van der Waals surface area contributed by atoms with Crippen LogP contribution in [0.1, 0.15) is 17.5 Å². The predicted molar refractivity (Wildman–Crippen MR) is 117 cm³/mol. The predicted octanol–water partition coefficient (Wildman–Crippen LogP) is 4.10. The quantitative estimate of drug-likeness (QED) is 0.225. The minimum atomic E-state index is -4.44. The molecule has 1 unspecified atom stereocenters. The highest BCUT2D eigenvalue weighted by molar-refractivity contribution is 14.0. The van der Waals surface area contributed by atoms with Crippen LogP contribution in [0.3, 0.4) is 0 Å². The molecule has 1 heterocycles. The van der Waals surface area contributed by atoms with Gasteiger partial charge in [0.25, 0.3) is 0 Å². The van der Waals surface area contributed by atoms with E-state index in [0.29, 0.717) is 37.6 Å². The first-order valence-corrected chi connectivity index (χ1v) is 9.48. The van der Waals surface area contributed by atoms with Crippen molar-refractivity contribution in [2.45, 2.75) is 32.2 Å². The monoisotopic (exact) mass is 568 g/mol. The van der Waals surface area contributed by atoms with Crippen LogP contribution >= 0.6 is 24.0 Å². The number of nitrogens with one attached hydrogen (secondary N) is 2. The number of ether oxygens (including phenoxy) is 1. The summed E-state index contributed by atoms with van der Waals surface area (Å²) < 4.78 is 79.8. The Morgan fingerprint density at radius 3 is 2.48 bits per heavy atom. The molecule has 178 valence electrons. The van der Waals surface area contributed by atoms with Crippen molar-refractivity contribution in [1.82, 2.24) is 15.5 Å². The van der Waals surface area contributed by atoms with Gasteiger partial charge in [0, 0.05) is 32.2 Å². The van der Waals surface area contributed by atoms with E-state index in [9.17, 15) is 26.3 Å². The van der Waals surface area contributed by atoms with Gasteiger partial charge in [-0.1, -0.05) is 12.1 Å². The molecular weight excluding hydrogens is 541 g/mol. The van der Waals surface area contributed by atoms with Gasteiger partial charge in [0.1, 0.15) is 5.75 Å². The minimum Gasteiger partial charge on any atom is -0.484 e. The Hall–Kier alpha value is -1.44. The number of alkyl halides is 6. The SMILES string of the molecule is CN=C(NCc1ccc(C)cc1OCC(F)(F)F)NCC1CCN(CC(F)(F)F)C1.I. The fourth-order valence-electron chi connectivity index (χ4n) is 3.22. The normalized spacial score (nSPS) is 17.9. The van der Waals surface area contributed by atoms with Crippen molar-refractivity contribution in [2.75, 3.05) is 39.8 Å². The number of benzene rings is 1. The van der Waals surface area contributed by atoms with Crippen LogP contribution in [0, 0.1) is 12.8 Å². The smallest absolute Gasteiger partial charge is 0.422 e. The molecule has 2 N–H and O–H groups in total. The van der Waals surface area contributed by atoms with Gasteiger partial charge in [-0.25, -0.2) is 0 Å². The van der Waals surface area contributed by atoms with E-state index in [0.717, 1.165) is 5.56 Å². The Morgan fingerprint density at radius 2 is 1.87 bits per heavy atom. The largest absolute Gasteiger partial charge is 0.484 e. The number of aliphatic imine (C=N–C) groups is 1. The first-order chi connectivity index (χ1) is 13.9. The summed E-state index contributed by atoms with van der Waals surface area (Å²) in [5.74, 6) is 0.594. The van der Waals surface area contributed by atoms with Gasteiger partial charge >= 0.3 is 12.4 Å². The van der Waals surface area contributed by atoms with E-state index in [1.165, 1.54) is 18.0 Å². The van der Waals surface area contributed by atoms with Crippen LogP contribution in [0.15, 0.2) is 23.2 Å². The molecule has 0 bridgehead atoms. The molecule has 0 saturated carbocycles. The van der Waals surface area contributed by atoms with Crippen LogP contribution in [0.4, 0.5) is 26.3 Å². The summed E-state index contributed by atoms with van der Waals surface area (Å²) in [6, 6.07) is 4.97. The van der Waals surface area contributed by atoms with Crippen molar-refractivity contribution in [1.29, 1.82) is 0 Å². The first-order valence-electron chi connectivity index (χ1n) is 9.48. The molecule has 1 atom stereocenters. The molecule has 1 aliphatic rings. The number of nitrogens with zero attached hydrogens (tertiary/aromatic N) is 2. The van der Waals surface area contributed by atoms with Gasteiger partial charge in [0.15, 0.2) is 12.6 Å². The lowest BCUT2D eigenvalue weighted by atomic mass is 10.1. The van der Waals surface area contributed by atoms with Crippen LogP contribution in [-0.2, 0) is 6.54 Å². The molecule has 1 aliphatic heterocycles. The van der Waals surface area contributed by atoms with Crippen molar-refractivity contribution in [3.63, 3.8) is 0 Å². The third-order valence-electron chi connectivity index (χ3n) is 4.61.